The van der Waals surface area contributed by atoms with Crippen molar-refractivity contribution in [1.82, 2.24) is 5.32 Å². The van der Waals surface area contributed by atoms with E-state index in [4.69, 9.17) is 5.11 Å². The molecule has 4 atom stereocenters. The molecule has 0 aliphatic carbocycles. The van der Waals surface area contributed by atoms with Crippen molar-refractivity contribution in [3.63, 3.8) is 0 Å². The number of aliphatic hydroxyl groups is 1. The van der Waals surface area contributed by atoms with Crippen LogP contribution in [-0.4, -0.2) is 24.2 Å². The molecule has 210 valence electrons. The molecular weight excluding hydrogens is 430 g/mol. The van der Waals surface area contributed by atoms with Gasteiger partial charge in [-0.25, -0.2) is 0 Å². The van der Waals surface area contributed by atoms with Crippen molar-refractivity contribution < 1.29 is 9.90 Å². The zero-order chi connectivity index (χ0) is 26.3. The predicted octanol–water partition coefficient (Wildman–Crippen LogP) is 9.32. The average Bonchev–Trinajstić information content (AvgIpc) is 2.80. The summed E-state index contributed by atoms with van der Waals surface area (Å²) in [7, 11) is 0. The van der Waals surface area contributed by atoms with Crippen LogP contribution >= 0.6 is 0 Å². The molecule has 3 nitrogen and oxygen atoms in total. The number of carbonyl (C=O) groups is 1. The lowest BCUT2D eigenvalue weighted by Gasteiger charge is -2.16. The van der Waals surface area contributed by atoms with Gasteiger partial charge in [0.1, 0.15) is 0 Å². The molecule has 1 amide bonds. The number of aliphatic hydroxyl groups excluding tert-OH is 1. The van der Waals surface area contributed by atoms with E-state index in [1.807, 2.05) is 0 Å². The Hall–Kier alpha value is -0.570. The highest BCUT2D eigenvalue weighted by Gasteiger charge is 2.10. The molecule has 0 saturated heterocycles. The first kappa shape index (κ1) is 34.4. The van der Waals surface area contributed by atoms with Crippen LogP contribution in [0.2, 0.25) is 0 Å². The number of nitrogens with one attached hydrogen (secondary N) is 1. The van der Waals surface area contributed by atoms with Crippen molar-refractivity contribution >= 4 is 5.91 Å². The SMILES string of the molecule is CC(C)CCCCCCNC(=O)CCC(C)CCCC(C)CCCCC(C)CCCC(C)CCO. The Morgan fingerprint density at radius 2 is 0.971 bits per heavy atom. The Kier molecular flexibility index (Phi) is 23.4. The maximum absolute atomic E-state index is 12.1. The van der Waals surface area contributed by atoms with E-state index in [1.54, 1.807) is 0 Å². The molecule has 0 spiro atoms. The van der Waals surface area contributed by atoms with Gasteiger partial charge in [-0.05, 0) is 48.9 Å². The summed E-state index contributed by atoms with van der Waals surface area (Å²) in [6.07, 6.45) is 22.3. The van der Waals surface area contributed by atoms with Crippen molar-refractivity contribution in [3.05, 3.63) is 0 Å². The van der Waals surface area contributed by atoms with Crippen molar-refractivity contribution in [1.29, 1.82) is 0 Å². The molecule has 3 heteroatoms. The second kappa shape index (κ2) is 23.8. The van der Waals surface area contributed by atoms with Crippen LogP contribution in [0.3, 0.4) is 0 Å². The van der Waals surface area contributed by atoms with Crippen LogP contribution in [0.4, 0.5) is 0 Å². The number of hydrogen-bond donors (Lipinski definition) is 2. The molecule has 0 fully saturated rings. The fourth-order valence-electron chi connectivity index (χ4n) is 5.14. The van der Waals surface area contributed by atoms with Gasteiger partial charge in [-0.1, -0.05) is 131 Å². The summed E-state index contributed by atoms with van der Waals surface area (Å²) in [4.78, 5) is 12.1. The van der Waals surface area contributed by atoms with Crippen LogP contribution in [0, 0.1) is 29.6 Å². The van der Waals surface area contributed by atoms with Crippen LogP contribution in [0.15, 0.2) is 0 Å². The molecule has 0 radical (unpaired) electrons. The van der Waals surface area contributed by atoms with Gasteiger partial charge in [0.25, 0.3) is 0 Å². The lowest BCUT2D eigenvalue weighted by atomic mass is 9.91. The highest BCUT2D eigenvalue weighted by molar-refractivity contribution is 5.75. The predicted molar refractivity (Wildman–Crippen MR) is 155 cm³/mol. The lowest BCUT2D eigenvalue weighted by molar-refractivity contribution is -0.121. The topological polar surface area (TPSA) is 49.3 Å². The molecule has 0 aromatic carbocycles. The zero-order valence-corrected chi connectivity index (χ0v) is 24.9. The van der Waals surface area contributed by atoms with Crippen molar-refractivity contribution in [3.8, 4) is 0 Å². The second-order valence-electron chi connectivity index (χ2n) is 12.6. The number of hydrogen-bond acceptors (Lipinski definition) is 2. The fraction of sp³-hybridized carbons (Fsp3) is 0.969. The molecule has 0 saturated carbocycles. The summed E-state index contributed by atoms with van der Waals surface area (Å²) in [5.41, 5.74) is 0. The van der Waals surface area contributed by atoms with Crippen LogP contribution in [0.1, 0.15) is 157 Å². The zero-order valence-electron chi connectivity index (χ0n) is 24.9. The Bertz CT molecular complexity index is 464. The molecule has 4 unspecified atom stereocenters. The first-order chi connectivity index (χ1) is 16.7. The van der Waals surface area contributed by atoms with E-state index in [9.17, 15) is 4.79 Å². The van der Waals surface area contributed by atoms with E-state index >= 15 is 0 Å². The van der Waals surface area contributed by atoms with Crippen LogP contribution in [0.5, 0.6) is 0 Å². The number of unbranched alkanes of at least 4 members (excludes halogenated alkanes) is 4. The molecular formula is C32H65NO2. The molecule has 0 aliphatic rings. The average molecular weight is 496 g/mol. The van der Waals surface area contributed by atoms with Gasteiger partial charge >= 0.3 is 0 Å². The maximum Gasteiger partial charge on any atom is 0.220 e. The monoisotopic (exact) mass is 496 g/mol. The van der Waals surface area contributed by atoms with Gasteiger partial charge in [0.2, 0.25) is 5.91 Å². The van der Waals surface area contributed by atoms with Crippen molar-refractivity contribution in [2.45, 2.75) is 157 Å². The highest BCUT2D eigenvalue weighted by Crippen LogP contribution is 2.23. The third-order valence-electron chi connectivity index (χ3n) is 7.95. The first-order valence-corrected chi connectivity index (χ1v) is 15.6. The number of amides is 1. The van der Waals surface area contributed by atoms with Crippen molar-refractivity contribution in [2.24, 2.45) is 29.6 Å². The fourth-order valence-corrected chi connectivity index (χ4v) is 5.14. The Balaban J connectivity index is 3.57. The first-order valence-electron chi connectivity index (χ1n) is 15.6. The molecule has 2 N–H and O–H groups in total. The van der Waals surface area contributed by atoms with Crippen LogP contribution < -0.4 is 5.32 Å². The summed E-state index contributed by atoms with van der Waals surface area (Å²) >= 11 is 0. The lowest BCUT2D eigenvalue weighted by Crippen LogP contribution is -2.24. The Labute approximate surface area is 221 Å². The largest absolute Gasteiger partial charge is 0.396 e. The van der Waals surface area contributed by atoms with Crippen molar-refractivity contribution in [2.75, 3.05) is 13.2 Å². The van der Waals surface area contributed by atoms with Gasteiger partial charge < -0.3 is 10.4 Å². The smallest absolute Gasteiger partial charge is 0.220 e. The maximum atomic E-state index is 12.1. The van der Waals surface area contributed by atoms with Gasteiger partial charge in [0.05, 0.1) is 0 Å². The quantitative estimate of drug-likeness (QED) is 0.124. The van der Waals surface area contributed by atoms with E-state index in [2.05, 4.69) is 46.9 Å². The third-order valence-corrected chi connectivity index (χ3v) is 7.95. The number of carbonyl (C=O) groups excluding carboxylic acids is 1. The second-order valence-corrected chi connectivity index (χ2v) is 12.6. The summed E-state index contributed by atoms with van der Waals surface area (Å²) in [5.74, 6) is 4.07. The van der Waals surface area contributed by atoms with Gasteiger partial charge in [-0.2, -0.15) is 0 Å². The van der Waals surface area contributed by atoms with Crippen LogP contribution in [-0.2, 0) is 4.79 Å². The minimum atomic E-state index is 0.251. The Morgan fingerprint density at radius 1 is 0.543 bits per heavy atom. The van der Waals surface area contributed by atoms with Crippen LogP contribution in [0.25, 0.3) is 0 Å². The summed E-state index contributed by atoms with van der Waals surface area (Å²) in [5, 5.41) is 12.1. The Morgan fingerprint density at radius 3 is 1.49 bits per heavy atom. The van der Waals surface area contributed by atoms with Gasteiger partial charge in [0.15, 0.2) is 0 Å². The van der Waals surface area contributed by atoms with E-state index in [0.717, 1.165) is 43.6 Å². The highest BCUT2D eigenvalue weighted by atomic mass is 16.3. The minimum Gasteiger partial charge on any atom is -0.396 e. The van der Waals surface area contributed by atoms with E-state index in [0.29, 0.717) is 24.9 Å². The summed E-state index contributed by atoms with van der Waals surface area (Å²) < 4.78 is 0. The number of rotatable bonds is 25. The molecule has 0 bridgehead atoms. The normalized spacial score (nSPS) is 15.2. The summed E-state index contributed by atoms with van der Waals surface area (Å²) in [6, 6.07) is 0. The molecule has 0 rings (SSSR count). The standard InChI is InChI=1S/C32H65NO2/c1-27(2)15-9-7-8-12-25-33-32(35)23-22-30(5)20-13-18-28(3)16-10-11-17-29(4)19-14-21-31(6)24-26-34/h27-31,34H,7-26H2,1-6H3,(H,33,35). The van der Waals surface area contributed by atoms with E-state index in [1.165, 1.54) is 89.9 Å². The molecule has 35 heavy (non-hydrogen) atoms. The minimum absolute atomic E-state index is 0.251. The van der Waals surface area contributed by atoms with Gasteiger partial charge in [-0.3, -0.25) is 4.79 Å². The summed E-state index contributed by atoms with van der Waals surface area (Å²) in [6.45, 7) is 15.2. The van der Waals surface area contributed by atoms with Gasteiger partial charge in [0, 0.05) is 19.6 Å². The van der Waals surface area contributed by atoms with Gasteiger partial charge in [-0.15, -0.1) is 0 Å². The van der Waals surface area contributed by atoms with E-state index in [-0.39, 0.29) is 5.91 Å². The van der Waals surface area contributed by atoms with E-state index < -0.39 is 0 Å². The molecule has 0 aliphatic heterocycles. The third kappa shape index (κ3) is 24.9. The molecule has 0 aromatic rings. The molecule has 0 heterocycles. The molecule has 0 aromatic heterocycles.